The largest absolute Gasteiger partial charge is 0.481 e. The molecule has 1 N–H and O–H groups in total. The number of aromatic nitrogens is 1. The summed E-state index contributed by atoms with van der Waals surface area (Å²) >= 11 is 6.08. The molecular formula is C14H18ClNO2. The van der Waals surface area contributed by atoms with Gasteiger partial charge in [-0.1, -0.05) is 18.5 Å². The van der Waals surface area contributed by atoms with E-state index in [4.69, 9.17) is 11.6 Å². The number of carboxylic acid groups (broad SMARTS) is 1. The summed E-state index contributed by atoms with van der Waals surface area (Å²) in [4.78, 5) is 15.6. The second-order valence-electron chi connectivity index (χ2n) is 5.41. The predicted octanol–water partition coefficient (Wildman–Crippen LogP) is 3.56. The van der Waals surface area contributed by atoms with Gasteiger partial charge in [-0.3, -0.25) is 9.78 Å². The molecule has 0 aromatic carbocycles. The van der Waals surface area contributed by atoms with Crippen LogP contribution in [0.25, 0.3) is 0 Å². The Hall–Kier alpha value is -1.09. The van der Waals surface area contributed by atoms with Crippen LogP contribution in [0.15, 0.2) is 18.5 Å². The quantitative estimate of drug-likeness (QED) is 0.911. The Bertz CT molecular complexity index is 439. The zero-order valence-corrected chi connectivity index (χ0v) is 11.3. The van der Waals surface area contributed by atoms with Crippen molar-refractivity contribution in [2.24, 2.45) is 11.3 Å². The van der Waals surface area contributed by atoms with Gasteiger partial charge in [0.1, 0.15) is 0 Å². The van der Waals surface area contributed by atoms with Crippen LogP contribution in [0.5, 0.6) is 0 Å². The molecule has 0 aliphatic heterocycles. The molecule has 0 unspecified atom stereocenters. The van der Waals surface area contributed by atoms with E-state index < -0.39 is 11.4 Å². The third kappa shape index (κ3) is 2.66. The van der Waals surface area contributed by atoms with Crippen LogP contribution in [-0.4, -0.2) is 16.1 Å². The fourth-order valence-electron chi connectivity index (χ4n) is 2.69. The van der Waals surface area contributed by atoms with Gasteiger partial charge < -0.3 is 5.11 Å². The summed E-state index contributed by atoms with van der Waals surface area (Å²) in [5.41, 5.74) is 0.251. The molecular weight excluding hydrogens is 250 g/mol. The van der Waals surface area contributed by atoms with Crippen LogP contribution < -0.4 is 0 Å². The van der Waals surface area contributed by atoms with Crippen LogP contribution in [0.3, 0.4) is 0 Å². The number of nitrogens with zero attached hydrogens (tertiary/aromatic N) is 1. The van der Waals surface area contributed by atoms with Crippen molar-refractivity contribution < 1.29 is 9.90 Å². The maximum Gasteiger partial charge on any atom is 0.309 e. The number of halogens is 1. The Labute approximate surface area is 112 Å². The molecule has 0 radical (unpaired) electrons. The van der Waals surface area contributed by atoms with E-state index in [1.54, 1.807) is 12.4 Å². The van der Waals surface area contributed by atoms with Crippen LogP contribution in [0, 0.1) is 11.3 Å². The highest BCUT2D eigenvalue weighted by atomic mass is 35.5. The molecule has 1 fully saturated rings. The van der Waals surface area contributed by atoms with Gasteiger partial charge in [0.25, 0.3) is 0 Å². The number of pyridine rings is 1. The lowest BCUT2D eigenvalue weighted by Crippen LogP contribution is -2.37. The van der Waals surface area contributed by atoms with Crippen molar-refractivity contribution in [3.8, 4) is 0 Å². The van der Waals surface area contributed by atoms with Crippen molar-refractivity contribution in [2.45, 2.75) is 39.0 Å². The van der Waals surface area contributed by atoms with Gasteiger partial charge >= 0.3 is 5.97 Å². The molecule has 0 bridgehead atoms. The summed E-state index contributed by atoms with van der Waals surface area (Å²) in [6.07, 6.45) is 7.20. The number of carbonyl (C=O) groups is 1. The molecule has 1 aliphatic rings. The highest BCUT2D eigenvalue weighted by Crippen LogP contribution is 2.42. The van der Waals surface area contributed by atoms with Crippen molar-refractivity contribution in [3.05, 3.63) is 29.0 Å². The highest BCUT2D eigenvalue weighted by Gasteiger charge is 2.41. The third-order valence-corrected chi connectivity index (χ3v) is 4.41. The van der Waals surface area contributed by atoms with Gasteiger partial charge in [-0.05, 0) is 49.7 Å². The van der Waals surface area contributed by atoms with E-state index in [0.717, 1.165) is 31.2 Å². The van der Waals surface area contributed by atoms with Crippen LogP contribution in [0.4, 0.5) is 0 Å². The number of carboxylic acids is 1. The molecule has 98 valence electrons. The minimum absolute atomic E-state index is 0.510. The van der Waals surface area contributed by atoms with Gasteiger partial charge in [0.15, 0.2) is 0 Å². The van der Waals surface area contributed by atoms with Gasteiger partial charge in [0, 0.05) is 12.4 Å². The Balaban J connectivity index is 2.22. The first kappa shape index (κ1) is 13.3. The monoisotopic (exact) mass is 267 g/mol. The van der Waals surface area contributed by atoms with Gasteiger partial charge in [-0.2, -0.15) is 0 Å². The molecule has 1 heterocycles. The maximum absolute atomic E-state index is 11.6. The van der Waals surface area contributed by atoms with Crippen molar-refractivity contribution in [1.82, 2.24) is 4.98 Å². The number of aliphatic carboxylic acids is 1. The minimum atomic E-state index is -0.692. The molecule has 0 atom stereocenters. The Morgan fingerprint density at radius 3 is 2.78 bits per heavy atom. The number of hydrogen-bond acceptors (Lipinski definition) is 2. The number of rotatable bonds is 3. The van der Waals surface area contributed by atoms with E-state index in [-0.39, 0.29) is 0 Å². The van der Waals surface area contributed by atoms with Gasteiger partial charge in [0.2, 0.25) is 0 Å². The van der Waals surface area contributed by atoms with Gasteiger partial charge in [-0.15, -0.1) is 0 Å². The molecule has 0 saturated heterocycles. The summed E-state index contributed by atoms with van der Waals surface area (Å²) < 4.78 is 0. The van der Waals surface area contributed by atoms with E-state index in [2.05, 4.69) is 11.9 Å². The van der Waals surface area contributed by atoms with E-state index in [1.807, 2.05) is 6.07 Å². The summed E-state index contributed by atoms with van der Waals surface area (Å²) in [6.45, 7) is 2.19. The maximum atomic E-state index is 11.6. The topological polar surface area (TPSA) is 50.2 Å². The summed E-state index contributed by atoms with van der Waals surface area (Å²) in [5.74, 6) is -0.0623. The summed E-state index contributed by atoms with van der Waals surface area (Å²) in [6, 6.07) is 1.82. The zero-order valence-electron chi connectivity index (χ0n) is 10.5. The van der Waals surface area contributed by atoms with Gasteiger partial charge in [-0.25, -0.2) is 0 Å². The van der Waals surface area contributed by atoms with Crippen LogP contribution in [-0.2, 0) is 11.2 Å². The summed E-state index contributed by atoms with van der Waals surface area (Å²) in [7, 11) is 0. The molecule has 1 saturated carbocycles. The number of hydrogen-bond donors (Lipinski definition) is 1. The molecule has 4 heteroatoms. The Kier molecular flexibility index (Phi) is 3.91. The average molecular weight is 268 g/mol. The SMILES string of the molecule is CC1CCC(Cc2ccncc2Cl)(C(=O)O)CC1. The molecule has 18 heavy (non-hydrogen) atoms. The zero-order chi connectivity index (χ0) is 13.2. The molecule has 2 rings (SSSR count). The average Bonchev–Trinajstić information content (AvgIpc) is 2.35. The van der Waals surface area contributed by atoms with Crippen molar-refractivity contribution in [1.29, 1.82) is 0 Å². The summed E-state index contributed by atoms with van der Waals surface area (Å²) in [5, 5.41) is 10.1. The normalized spacial score (nSPS) is 28.0. The first-order chi connectivity index (χ1) is 8.53. The molecule has 1 aromatic rings. The molecule has 1 aliphatic carbocycles. The first-order valence-corrected chi connectivity index (χ1v) is 6.73. The Morgan fingerprint density at radius 1 is 1.56 bits per heavy atom. The lowest BCUT2D eigenvalue weighted by molar-refractivity contribution is -0.151. The molecule has 0 amide bonds. The van der Waals surface area contributed by atoms with Crippen LogP contribution in [0.1, 0.15) is 38.2 Å². The fourth-order valence-corrected chi connectivity index (χ4v) is 2.88. The third-order valence-electron chi connectivity index (χ3n) is 4.07. The van der Waals surface area contributed by atoms with Crippen molar-refractivity contribution in [3.63, 3.8) is 0 Å². The van der Waals surface area contributed by atoms with Crippen molar-refractivity contribution in [2.75, 3.05) is 0 Å². The van der Waals surface area contributed by atoms with E-state index >= 15 is 0 Å². The highest BCUT2D eigenvalue weighted by molar-refractivity contribution is 6.31. The van der Waals surface area contributed by atoms with Crippen LogP contribution >= 0.6 is 11.6 Å². The van der Waals surface area contributed by atoms with Gasteiger partial charge in [0.05, 0.1) is 10.4 Å². The smallest absolute Gasteiger partial charge is 0.309 e. The van der Waals surface area contributed by atoms with E-state index in [9.17, 15) is 9.90 Å². The molecule has 1 aromatic heterocycles. The predicted molar refractivity (Wildman–Crippen MR) is 70.7 cm³/mol. The Morgan fingerprint density at radius 2 is 2.22 bits per heavy atom. The van der Waals surface area contributed by atoms with Crippen molar-refractivity contribution >= 4 is 17.6 Å². The minimum Gasteiger partial charge on any atom is -0.481 e. The second kappa shape index (κ2) is 5.27. The molecule has 3 nitrogen and oxygen atoms in total. The standard InChI is InChI=1S/C14H18ClNO2/c1-10-2-5-14(6-3-10,13(17)18)8-11-4-7-16-9-12(11)15/h4,7,9-10H,2-3,5-6,8H2,1H3,(H,17,18). The van der Waals surface area contributed by atoms with Crippen LogP contribution in [0.2, 0.25) is 5.02 Å². The fraction of sp³-hybridized carbons (Fsp3) is 0.571. The lowest BCUT2D eigenvalue weighted by atomic mass is 9.68. The molecule has 0 spiro atoms. The first-order valence-electron chi connectivity index (χ1n) is 6.35. The van der Waals surface area contributed by atoms with E-state index in [1.165, 1.54) is 0 Å². The second-order valence-corrected chi connectivity index (χ2v) is 5.82. The lowest BCUT2D eigenvalue weighted by Gasteiger charge is -2.36. The van der Waals surface area contributed by atoms with E-state index in [0.29, 0.717) is 17.4 Å².